The maximum absolute atomic E-state index is 11.9. The average molecular weight is 337 g/mol. The Balaban J connectivity index is 2.23. The summed E-state index contributed by atoms with van der Waals surface area (Å²) >= 11 is 0. The van der Waals surface area contributed by atoms with E-state index in [1.807, 2.05) is 75.4 Å². The van der Waals surface area contributed by atoms with Gasteiger partial charge in [-0.15, -0.1) is 0 Å². The molecule has 0 aromatic heterocycles. The van der Waals surface area contributed by atoms with Gasteiger partial charge < -0.3 is 5.11 Å². The van der Waals surface area contributed by atoms with E-state index in [2.05, 4.69) is 18.2 Å². The summed E-state index contributed by atoms with van der Waals surface area (Å²) in [6.45, 7) is 5.80. The second-order valence-electron chi connectivity index (χ2n) is 7.20. The quantitative estimate of drug-likeness (QED) is 0.738. The Morgan fingerprint density at radius 3 is 2.00 bits per heavy atom. The molecule has 0 aliphatic rings. The highest BCUT2D eigenvalue weighted by Gasteiger charge is 2.31. The number of rotatable bonds is 6. The highest BCUT2D eigenvalue weighted by atomic mass is 16.4. The van der Waals surface area contributed by atoms with Crippen LogP contribution < -0.4 is 0 Å². The predicted octanol–water partition coefficient (Wildman–Crippen LogP) is 5.18. The van der Waals surface area contributed by atoms with Gasteiger partial charge in [0.15, 0.2) is 0 Å². The predicted molar refractivity (Wildman–Crippen MR) is 103 cm³/mol. The van der Waals surface area contributed by atoms with E-state index in [0.29, 0.717) is 6.42 Å². The minimum atomic E-state index is -0.891. The third-order valence-corrected chi connectivity index (χ3v) is 4.10. The summed E-state index contributed by atoms with van der Waals surface area (Å²) in [4.78, 5) is 13.4. The van der Waals surface area contributed by atoms with Crippen LogP contribution in [0.1, 0.15) is 31.9 Å². The molecule has 25 heavy (non-hydrogen) atoms. The highest BCUT2D eigenvalue weighted by Crippen LogP contribution is 2.21. The van der Waals surface area contributed by atoms with Gasteiger partial charge in [-0.3, -0.25) is 4.90 Å². The molecule has 0 fully saturated rings. The van der Waals surface area contributed by atoms with E-state index >= 15 is 0 Å². The van der Waals surface area contributed by atoms with Crippen molar-refractivity contribution in [1.29, 1.82) is 0 Å². The third kappa shape index (κ3) is 5.79. The molecule has 2 aromatic carbocycles. The summed E-state index contributed by atoms with van der Waals surface area (Å²) in [6.07, 6.45) is 4.67. The lowest BCUT2D eigenvalue weighted by Gasteiger charge is -2.38. The number of carboxylic acid groups (broad SMARTS) is 1. The molecule has 1 N–H and O–H groups in total. The van der Waals surface area contributed by atoms with Crippen molar-refractivity contribution in [3.05, 3.63) is 83.9 Å². The first kappa shape index (κ1) is 18.8. The van der Waals surface area contributed by atoms with Crippen LogP contribution in [0, 0.1) is 0 Å². The van der Waals surface area contributed by atoms with Crippen LogP contribution in [0.5, 0.6) is 0 Å². The molecule has 132 valence electrons. The zero-order valence-electron chi connectivity index (χ0n) is 15.2. The maximum Gasteiger partial charge on any atom is 0.408 e. The van der Waals surface area contributed by atoms with Crippen molar-refractivity contribution in [1.82, 2.24) is 4.90 Å². The molecule has 0 aliphatic carbocycles. The number of allylic oxidation sites excluding steroid dienone is 1. The summed E-state index contributed by atoms with van der Waals surface area (Å²) in [6, 6.07) is 20.0. The van der Waals surface area contributed by atoms with Gasteiger partial charge in [-0.05, 0) is 44.7 Å². The van der Waals surface area contributed by atoms with Crippen LogP contribution in [-0.2, 0) is 12.8 Å². The molecule has 0 unspecified atom stereocenters. The van der Waals surface area contributed by atoms with E-state index in [-0.39, 0.29) is 6.04 Å². The molecule has 0 aliphatic heterocycles. The number of nitrogens with zero attached hydrogens (tertiary/aromatic N) is 1. The second kappa shape index (κ2) is 8.52. The first-order chi connectivity index (χ1) is 11.9. The number of benzene rings is 2. The minimum Gasteiger partial charge on any atom is -0.465 e. The maximum atomic E-state index is 11.9. The summed E-state index contributed by atoms with van der Waals surface area (Å²) in [7, 11) is 0. The van der Waals surface area contributed by atoms with Gasteiger partial charge >= 0.3 is 6.09 Å². The minimum absolute atomic E-state index is 0.205. The topological polar surface area (TPSA) is 40.5 Å². The van der Waals surface area contributed by atoms with Crippen LogP contribution >= 0.6 is 0 Å². The lowest BCUT2D eigenvalue weighted by atomic mass is 9.97. The normalized spacial score (nSPS) is 12.9. The monoisotopic (exact) mass is 337 g/mol. The van der Waals surface area contributed by atoms with Gasteiger partial charge in [0, 0.05) is 5.54 Å². The van der Waals surface area contributed by atoms with Gasteiger partial charge in [0.2, 0.25) is 0 Å². The lowest BCUT2D eigenvalue weighted by Crippen LogP contribution is -2.51. The largest absolute Gasteiger partial charge is 0.465 e. The van der Waals surface area contributed by atoms with Crippen molar-refractivity contribution in [2.45, 2.75) is 45.2 Å². The van der Waals surface area contributed by atoms with E-state index < -0.39 is 11.6 Å². The van der Waals surface area contributed by atoms with Gasteiger partial charge in [0.05, 0.1) is 6.04 Å². The smallest absolute Gasteiger partial charge is 0.408 e. The van der Waals surface area contributed by atoms with Crippen LogP contribution in [0.4, 0.5) is 4.79 Å². The zero-order chi connectivity index (χ0) is 18.3. The molecule has 2 rings (SSSR count). The van der Waals surface area contributed by atoms with Crippen LogP contribution in [0.3, 0.4) is 0 Å². The summed E-state index contributed by atoms with van der Waals surface area (Å²) in [5.41, 5.74) is 1.88. The zero-order valence-corrected chi connectivity index (χ0v) is 15.2. The number of hydrogen-bond acceptors (Lipinski definition) is 1. The molecular formula is C22H27NO2. The van der Waals surface area contributed by atoms with Gasteiger partial charge in [-0.25, -0.2) is 4.79 Å². The fourth-order valence-electron chi connectivity index (χ4n) is 3.00. The fourth-order valence-corrected chi connectivity index (χ4v) is 3.00. The molecule has 0 radical (unpaired) electrons. The Kier molecular flexibility index (Phi) is 6.40. The molecule has 0 saturated heterocycles. The first-order valence-electron chi connectivity index (χ1n) is 8.64. The molecule has 1 amide bonds. The van der Waals surface area contributed by atoms with Crippen molar-refractivity contribution in [2.75, 3.05) is 0 Å². The van der Waals surface area contributed by atoms with E-state index in [0.717, 1.165) is 12.0 Å². The first-order valence-corrected chi connectivity index (χ1v) is 8.64. The Hall–Kier alpha value is -2.55. The number of hydrogen-bond donors (Lipinski definition) is 1. The van der Waals surface area contributed by atoms with Gasteiger partial charge in [-0.2, -0.15) is 0 Å². The molecule has 1 atom stereocenters. The molecule has 0 spiro atoms. The summed E-state index contributed by atoms with van der Waals surface area (Å²) in [5.74, 6) is 0. The average Bonchev–Trinajstić information content (AvgIpc) is 2.55. The molecule has 0 saturated carbocycles. The highest BCUT2D eigenvalue weighted by molar-refractivity contribution is 5.67. The van der Waals surface area contributed by atoms with Crippen LogP contribution in [0.2, 0.25) is 0 Å². The number of carbonyl (C=O) groups is 1. The van der Waals surface area contributed by atoms with Crippen molar-refractivity contribution in [3.63, 3.8) is 0 Å². The Labute approximate surface area is 150 Å². The SMILES string of the molecule is CC(C)(C)N(C(=O)O)[C@H](/C=C\Cc1ccccc1)Cc1ccccc1. The Morgan fingerprint density at radius 2 is 1.52 bits per heavy atom. The Morgan fingerprint density at radius 1 is 1.00 bits per heavy atom. The standard InChI is InChI=1S/C22H27NO2/c1-22(2,3)23(21(24)25)20(17-19-13-8-5-9-14-19)16-10-15-18-11-6-4-7-12-18/h4-14,16,20H,15,17H2,1-3H3,(H,24,25)/b16-10-/t20-/m1/s1. The van der Waals surface area contributed by atoms with Gasteiger partial charge in [0.1, 0.15) is 0 Å². The van der Waals surface area contributed by atoms with E-state index in [9.17, 15) is 9.90 Å². The third-order valence-electron chi connectivity index (χ3n) is 4.10. The molecule has 0 bridgehead atoms. The van der Waals surface area contributed by atoms with Crippen LogP contribution in [-0.4, -0.2) is 27.7 Å². The van der Waals surface area contributed by atoms with Crippen molar-refractivity contribution in [3.8, 4) is 0 Å². The lowest BCUT2D eigenvalue weighted by molar-refractivity contribution is 0.0832. The fraction of sp³-hybridized carbons (Fsp3) is 0.318. The van der Waals surface area contributed by atoms with E-state index in [1.165, 1.54) is 5.56 Å². The van der Waals surface area contributed by atoms with Crippen LogP contribution in [0.15, 0.2) is 72.8 Å². The van der Waals surface area contributed by atoms with Crippen molar-refractivity contribution < 1.29 is 9.90 Å². The molecule has 3 heteroatoms. The van der Waals surface area contributed by atoms with Crippen molar-refractivity contribution >= 4 is 6.09 Å². The molecular weight excluding hydrogens is 310 g/mol. The van der Waals surface area contributed by atoms with Crippen molar-refractivity contribution in [2.24, 2.45) is 0 Å². The van der Waals surface area contributed by atoms with E-state index in [4.69, 9.17) is 0 Å². The molecule has 0 heterocycles. The van der Waals surface area contributed by atoms with Gasteiger partial charge in [-0.1, -0.05) is 72.8 Å². The molecule has 3 nitrogen and oxygen atoms in total. The molecule has 2 aromatic rings. The summed E-state index contributed by atoms with van der Waals surface area (Å²) < 4.78 is 0. The Bertz CT molecular complexity index is 687. The van der Waals surface area contributed by atoms with E-state index in [1.54, 1.807) is 4.90 Å². The summed E-state index contributed by atoms with van der Waals surface area (Å²) in [5, 5.41) is 9.77. The van der Waals surface area contributed by atoms with Crippen LogP contribution in [0.25, 0.3) is 0 Å². The number of amides is 1. The second-order valence-corrected chi connectivity index (χ2v) is 7.20. The van der Waals surface area contributed by atoms with Gasteiger partial charge in [0.25, 0.3) is 0 Å².